The second kappa shape index (κ2) is 13.2. The SMILES string of the molecule is CCCCc1nc(Cl)c(C(=O)N[C@@H](Cc2ccccc2)C(=O)O)n1Cc1ccc(-c2ccccc2)c(-c2nn[nH]n2)c1. The molecule has 5 rings (SSSR count). The minimum absolute atomic E-state index is 0.0294. The van der Waals surface area contributed by atoms with Crippen molar-refractivity contribution in [3.05, 3.63) is 107 Å². The van der Waals surface area contributed by atoms with Crippen molar-refractivity contribution in [1.29, 1.82) is 0 Å². The van der Waals surface area contributed by atoms with Crippen LogP contribution in [0.1, 0.15) is 47.2 Å². The summed E-state index contributed by atoms with van der Waals surface area (Å²) in [5.74, 6) is -0.649. The summed E-state index contributed by atoms with van der Waals surface area (Å²) in [6.07, 6.45) is 2.51. The van der Waals surface area contributed by atoms with Gasteiger partial charge in [-0.1, -0.05) is 97.7 Å². The lowest BCUT2D eigenvalue weighted by molar-refractivity contribution is -0.139. The van der Waals surface area contributed by atoms with Crippen molar-refractivity contribution in [3.8, 4) is 22.5 Å². The molecule has 0 aliphatic rings. The number of nitrogens with zero attached hydrogens (tertiary/aromatic N) is 5. The monoisotopic (exact) mass is 583 g/mol. The molecule has 10 nitrogen and oxygen atoms in total. The third-order valence-electron chi connectivity index (χ3n) is 6.95. The Bertz CT molecular complexity index is 1660. The zero-order valence-electron chi connectivity index (χ0n) is 23.0. The highest BCUT2D eigenvalue weighted by molar-refractivity contribution is 6.32. The zero-order valence-corrected chi connectivity index (χ0v) is 23.8. The summed E-state index contributed by atoms with van der Waals surface area (Å²) < 4.78 is 1.77. The van der Waals surface area contributed by atoms with Crippen LogP contribution in [0.3, 0.4) is 0 Å². The minimum Gasteiger partial charge on any atom is -0.480 e. The fourth-order valence-electron chi connectivity index (χ4n) is 4.86. The van der Waals surface area contributed by atoms with Crippen molar-refractivity contribution in [2.24, 2.45) is 0 Å². The number of aliphatic carboxylic acids is 1. The molecule has 1 amide bonds. The van der Waals surface area contributed by atoms with E-state index in [-0.39, 0.29) is 23.8 Å². The van der Waals surface area contributed by atoms with Crippen LogP contribution in [-0.2, 0) is 24.2 Å². The average molecular weight is 584 g/mol. The predicted octanol–water partition coefficient (Wildman–Crippen LogP) is 5.20. The fourth-order valence-corrected chi connectivity index (χ4v) is 5.14. The number of carboxylic acids is 1. The number of amides is 1. The molecule has 42 heavy (non-hydrogen) atoms. The first-order valence-electron chi connectivity index (χ1n) is 13.7. The van der Waals surface area contributed by atoms with E-state index in [1.54, 1.807) is 4.57 Å². The molecule has 0 aliphatic heterocycles. The highest BCUT2D eigenvalue weighted by Crippen LogP contribution is 2.31. The maximum absolute atomic E-state index is 13.6. The minimum atomic E-state index is -1.14. The van der Waals surface area contributed by atoms with Gasteiger partial charge in [-0.2, -0.15) is 5.21 Å². The summed E-state index contributed by atoms with van der Waals surface area (Å²) in [5.41, 5.74) is 4.47. The number of carbonyl (C=O) groups excluding carboxylic acids is 1. The Morgan fingerprint density at radius 3 is 2.40 bits per heavy atom. The van der Waals surface area contributed by atoms with E-state index >= 15 is 0 Å². The number of rotatable bonds is 12. The van der Waals surface area contributed by atoms with Crippen molar-refractivity contribution < 1.29 is 14.7 Å². The van der Waals surface area contributed by atoms with E-state index in [1.807, 2.05) is 78.9 Å². The van der Waals surface area contributed by atoms with Gasteiger partial charge >= 0.3 is 5.97 Å². The van der Waals surface area contributed by atoms with E-state index in [9.17, 15) is 14.7 Å². The number of H-pyrrole nitrogens is 1. The van der Waals surface area contributed by atoms with Crippen LogP contribution in [-0.4, -0.2) is 53.2 Å². The lowest BCUT2D eigenvalue weighted by atomic mass is 9.97. The molecule has 0 saturated heterocycles. The van der Waals surface area contributed by atoms with Gasteiger partial charge in [-0.25, -0.2) is 9.78 Å². The standard InChI is InChI=1S/C31H30ClN7O3/c1-2-3-14-26-34-28(32)27(30(40)33-25(31(41)42)18-20-10-6-4-7-11-20)39(26)19-21-15-16-23(22-12-8-5-9-13-22)24(17-21)29-35-37-38-36-29/h4-13,15-17,25H,2-3,14,18-19H2,1H3,(H,33,40)(H,41,42)(H,35,36,37,38)/t25-/m0/s1. The van der Waals surface area contributed by atoms with Gasteiger partial charge in [0.1, 0.15) is 17.6 Å². The molecule has 0 unspecified atom stereocenters. The highest BCUT2D eigenvalue weighted by Gasteiger charge is 2.27. The summed E-state index contributed by atoms with van der Waals surface area (Å²) >= 11 is 6.56. The molecule has 11 heteroatoms. The molecular weight excluding hydrogens is 554 g/mol. The van der Waals surface area contributed by atoms with E-state index in [1.165, 1.54) is 0 Å². The first kappa shape index (κ1) is 28.7. The van der Waals surface area contributed by atoms with E-state index in [2.05, 4.69) is 37.8 Å². The third kappa shape index (κ3) is 6.55. The molecule has 2 aromatic heterocycles. The normalized spacial score (nSPS) is 11.8. The summed E-state index contributed by atoms with van der Waals surface area (Å²) in [6.45, 7) is 2.35. The van der Waals surface area contributed by atoms with Gasteiger partial charge in [-0.05, 0) is 40.0 Å². The van der Waals surface area contributed by atoms with Gasteiger partial charge in [0.25, 0.3) is 5.91 Å². The molecule has 0 bridgehead atoms. The van der Waals surface area contributed by atoms with Crippen molar-refractivity contribution >= 4 is 23.5 Å². The smallest absolute Gasteiger partial charge is 0.326 e. The number of hydrogen-bond acceptors (Lipinski definition) is 6. The highest BCUT2D eigenvalue weighted by atomic mass is 35.5. The molecule has 0 radical (unpaired) electrons. The topological polar surface area (TPSA) is 139 Å². The average Bonchev–Trinajstić information content (AvgIpc) is 3.65. The van der Waals surface area contributed by atoms with Crippen molar-refractivity contribution in [2.45, 2.75) is 45.2 Å². The van der Waals surface area contributed by atoms with Crippen LogP contribution >= 0.6 is 11.6 Å². The molecule has 5 aromatic rings. The second-order valence-corrected chi connectivity index (χ2v) is 10.3. The van der Waals surface area contributed by atoms with Crippen LogP contribution in [0.15, 0.2) is 78.9 Å². The number of carbonyl (C=O) groups is 2. The number of imidazole rings is 1. The van der Waals surface area contributed by atoms with E-state index < -0.39 is 17.9 Å². The number of tetrazole rings is 1. The Labute approximate surface area is 247 Å². The second-order valence-electron chi connectivity index (χ2n) is 9.89. The Hall–Kier alpha value is -4.83. The van der Waals surface area contributed by atoms with Crippen LogP contribution < -0.4 is 5.32 Å². The molecule has 214 valence electrons. The number of unbranched alkanes of at least 4 members (excludes halogenated alkanes) is 1. The molecule has 3 N–H and O–H groups in total. The van der Waals surface area contributed by atoms with Crippen molar-refractivity contribution in [3.63, 3.8) is 0 Å². The van der Waals surface area contributed by atoms with Crippen LogP contribution in [0.2, 0.25) is 5.15 Å². The van der Waals surface area contributed by atoms with E-state index in [4.69, 9.17) is 11.6 Å². The molecule has 0 fully saturated rings. The van der Waals surface area contributed by atoms with Gasteiger partial charge in [-0.15, -0.1) is 10.2 Å². The van der Waals surface area contributed by atoms with Crippen LogP contribution in [0.5, 0.6) is 0 Å². The zero-order chi connectivity index (χ0) is 29.5. The number of hydrogen-bond donors (Lipinski definition) is 3. The number of aromatic nitrogens is 6. The first-order chi connectivity index (χ1) is 20.4. The molecule has 2 heterocycles. The maximum atomic E-state index is 13.6. The molecule has 0 spiro atoms. The van der Waals surface area contributed by atoms with Gasteiger partial charge in [-0.3, -0.25) is 4.79 Å². The molecule has 3 aromatic carbocycles. The molecular formula is C31H30ClN7O3. The molecule has 1 atom stereocenters. The van der Waals surface area contributed by atoms with Gasteiger partial charge in [0.2, 0.25) is 5.82 Å². The van der Waals surface area contributed by atoms with Crippen molar-refractivity contribution in [1.82, 2.24) is 35.5 Å². The van der Waals surface area contributed by atoms with Gasteiger partial charge < -0.3 is 15.0 Å². The lowest BCUT2D eigenvalue weighted by Gasteiger charge is -2.17. The quantitative estimate of drug-likeness (QED) is 0.183. The molecule has 0 saturated carbocycles. The lowest BCUT2D eigenvalue weighted by Crippen LogP contribution is -2.43. The number of nitrogens with one attached hydrogen (secondary N) is 2. The van der Waals surface area contributed by atoms with Gasteiger partial charge in [0.15, 0.2) is 5.15 Å². The number of aromatic amines is 1. The van der Waals surface area contributed by atoms with E-state index in [0.29, 0.717) is 18.1 Å². The number of benzene rings is 3. The Balaban J connectivity index is 1.50. The van der Waals surface area contributed by atoms with Crippen LogP contribution in [0.25, 0.3) is 22.5 Å². The summed E-state index contributed by atoms with van der Waals surface area (Å²) in [6, 6.07) is 23.8. The maximum Gasteiger partial charge on any atom is 0.326 e. The van der Waals surface area contributed by atoms with Gasteiger partial charge in [0, 0.05) is 24.9 Å². The first-order valence-corrected chi connectivity index (χ1v) is 14.1. The predicted molar refractivity (Wildman–Crippen MR) is 159 cm³/mol. The third-order valence-corrected chi connectivity index (χ3v) is 7.22. The summed E-state index contributed by atoms with van der Waals surface area (Å²) in [7, 11) is 0. The number of halogens is 1. The largest absolute Gasteiger partial charge is 0.480 e. The summed E-state index contributed by atoms with van der Waals surface area (Å²) in [5, 5.41) is 27.2. The van der Waals surface area contributed by atoms with Crippen LogP contribution in [0.4, 0.5) is 0 Å². The Kier molecular flexibility index (Phi) is 9.03. The fraction of sp³-hybridized carbons (Fsp3) is 0.226. The molecule has 0 aliphatic carbocycles. The summed E-state index contributed by atoms with van der Waals surface area (Å²) in [4.78, 5) is 30.2. The Morgan fingerprint density at radius 1 is 1.00 bits per heavy atom. The number of carboxylic acid groups (broad SMARTS) is 1. The number of aryl methyl sites for hydroxylation is 1. The van der Waals surface area contributed by atoms with Gasteiger partial charge in [0.05, 0.1) is 0 Å². The Morgan fingerprint density at radius 2 is 1.74 bits per heavy atom. The van der Waals surface area contributed by atoms with Crippen LogP contribution in [0, 0.1) is 0 Å². The van der Waals surface area contributed by atoms with E-state index in [0.717, 1.165) is 40.7 Å². The van der Waals surface area contributed by atoms with Crippen molar-refractivity contribution in [2.75, 3.05) is 0 Å².